The van der Waals surface area contributed by atoms with Crippen LogP contribution in [0.3, 0.4) is 0 Å². The molecule has 1 aromatic heterocycles. The Morgan fingerprint density at radius 3 is 3.05 bits per heavy atom. The van der Waals surface area contributed by atoms with Crippen molar-refractivity contribution in [3.05, 3.63) is 65.0 Å². The lowest BCUT2D eigenvalue weighted by Gasteiger charge is -2.25. The fourth-order valence-corrected chi connectivity index (χ4v) is 2.82. The molecule has 0 saturated heterocycles. The summed E-state index contributed by atoms with van der Waals surface area (Å²) in [4.78, 5) is 4.53. The Bertz CT molecular complexity index is 643. The van der Waals surface area contributed by atoms with Crippen LogP contribution in [0.1, 0.15) is 41.3 Å². The molecule has 2 aromatic rings. The van der Waals surface area contributed by atoms with Crippen LogP contribution in [0.4, 0.5) is 0 Å². The Morgan fingerprint density at radius 2 is 2.15 bits per heavy atom. The molecule has 1 aliphatic rings. The van der Waals surface area contributed by atoms with Crippen molar-refractivity contribution in [1.82, 2.24) is 10.3 Å². The van der Waals surface area contributed by atoms with Crippen molar-refractivity contribution >= 4 is 0 Å². The smallest absolute Gasteiger partial charge is 0.0995 e. The fourth-order valence-electron chi connectivity index (χ4n) is 2.82. The largest absolute Gasteiger partial charge is 0.304 e. The number of rotatable bonds is 3. The summed E-state index contributed by atoms with van der Waals surface area (Å²) >= 11 is 0. The molecule has 0 amide bonds. The number of hydrogen-bond acceptors (Lipinski definition) is 3. The Hall–Kier alpha value is -2.18. The summed E-state index contributed by atoms with van der Waals surface area (Å²) in [6.07, 6.45) is 5.28. The van der Waals surface area contributed by atoms with Crippen LogP contribution in [0.5, 0.6) is 0 Å². The molecular formula is C17H17N3. The molecule has 3 nitrogen and oxygen atoms in total. The number of aryl methyl sites for hydroxylation is 1. The normalized spacial score (nSPS) is 17.2. The Labute approximate surface area is 119 Å². The first kappa shape index (κ1) is 12.8. The van der Waals surface area contributed by atoms with Crippen LogP contribution in [0.2, 0.25) is 0 Å². The summed E-state index contributed by atoms with van der Waals surface area (Å²) in [5.41, 5.74) is 4.33. The first-order valence-corrected chi connectivity index (χ1v) is 7.03. The predicted molar refractivity (Wildman–Crippen MR) is 77.9 cm³/mol. The van der Waals surface area contributed by atoms with E-state index in [0.29, 0.717) is 12.6 Å². The predicted octanol–water partition coefficient (Wildman–Crippen LogP) is 3.12. The number of hydrogen-bond donors (Lipinski definition) is 1. The molecule has 1 aromatic carbocycles. The lowest BCUT2D eigenvalue weighted by atomic mass is 9.91. The van der Waals surface area contributed by atoms with Crippen molar-refractivity contribution in [1.29, 1.82) is 5.26 Å². The summed E-state index contributed by atoms with van der Waals surface area (Å²) in [5.74, 6) is 0. The van der Waals surface area contributed by atoms with Gasteiger partial charge in [0.05, 0.1) is 23.4 Å². The average Bonchev–Trinajstić information content (AvgIpc) is 2.53. The number of nitrogens with one attached hydrogen (secondary N) is 1. The van der Waals surface area contributed by atoms with Crippen LogP contribution in [-0.4, -0.2) is 4.98 Å². The quantitative estimate of drug-likeness (QED) is 0.925. The zero-order chi connectivity index (χ0) is 13.8. The number of fused-ring (bicyclic) bond motifs is 1. The van der Waals surface area contributed by atoms with Crippen molar-refractivity contribution in [3.63, 3.8) is 0 Å². The maximum absolute atomic E-state index is 9.12. The van der Waals surface area contributed by atoms with Crippen LogP contribution >= 0.6 is 0 Å². The van der Waals surface area contributed by atoms with Gasteiger partial charge in [0, 0.05) is 12.7 Å². The van der Waals surface area contributed by atoms with Crippen LogP contribution in [-0.2, 0) is 13.0 Å². The van der Waals surface area contributed by atoms with Crippen molar-refractivity contribution < 1.29 is 0 Å². The number of benzene rings is 1. The number of nitriles is 1. The van der Waals surface area contributed by atoms with Crippen molar-refractivity contribution in [3.8, 4) is 6.07 Å². The molecule has 1 atom stereocenters. The second-order valence-electron chi connectivity index (χ2n) is 5.14. The molecule has 3 heteroatoms. The van der Waals surface area contributed by atoms with E-state index in [9.17, 15) is 0 Å². The zero-order valence-electron chi connectivity index (χ0n) is 11.3. The van der Waals surface area contributed by atoms with E-state index in [2.05, 4.69) is 22.4 Å². The minimum absolute atomic E-state index is 0.298. The van der Waals surface area contributed by atoms with Crippen LogP contribution in [0.25, 0.3) is 0 Å². The topological polar surface area (TPSA) is 48.7 Å². The third kappa shape index (κ3) is 2.56. The SMILES string of the molecule is N#Cc1ccccc1CNC1CCCc2cccnc21. The minimum atomic E-state index is 0.298. The van der Waals surface area contributed by atoms with Gasteiger partial charge >= 0.3 is 0 Å². The van der Waals surface area contributed by atoms with E-state index < -0.39 is 0 Å². The molecule has 100 valence electrons. The van der Waals surface area contributed by atoms with Gasteiger partial charge in [-0.2, -0.15) is 5.26 Å². The van der Waals surface area contributed by atoms with Crippen LogP contribution < -0.4 is 5.32 Å². The van der Waals surface area contributed by atoms with Gasteiger partial charge in [-0.3, -0.25) is 4.98 Å². The van der Waals surface area contributed by atoms with Crippen LogP contribution in [0, 0.1) is 11.3 Å². The molecule has 1 unspecified atom stereocenters. The Morgan fingerprint density at radius 1 is 1.25 bits per heavy atom. The van der Waals surface area contributed by atoms with Gasteiger partial charge in [0.1, 0.15) is 0 Å². The maximum Gasteiger partial charge on any atom is 0.0995 e. The molecule has 0 radical (unpaired) electrons. The maximum atomic E-state index is 9.12. The first-order chi connectivity index (χ1) is 9.88. The van der Waals surface area contributed by atoms with E-state index >= 15 is 0 Å². The molecule has 1 N–H and O–H groups in total. The van der Waals surface area contributed by atoms with E-state index in [4.69, 9.17) is 5.26 Å². The van der Waals surface area contributed by atoms with Gasteiger partial charge in [0.15, 0.2) is 0 Å². The molecule has 0 fully saturated rings. The monoisotopic (exact) mass is 263 g/mol. The summed E-state index contributed by atoms with van der Waals surface area (Å²) in [6.45, 7) is 0.713. The van der Waals surface area contributed by atoms with E-state index in [1.807, 2.05) is 36.5 Å². The number of nitrogens with zero attached hydrogens (tertiary/aromatic N) is 2. The lowest BCUT2D eigenvalue weighted by molar-refractivity contribution is 0.447. The molecule has 0 spiro atoms. The van der Waals surface area contributed by atoms with Crippen LogP contribution in [0.15, 0.2) is 42.6 Å². The molecule has 3 rings (SSSR count). The van der Waals surface area contributed by atoms with Gasteiger partial charge in [0.25, 0.3) is 0 Å². The molecule has 1 heterocycles. The number of pyridine rings is 1. The molecule has 0 aliphatic heterocycles. The Balaban J connectivity index is 1.75. The second-order valence-corrected chi connectivity index (χ2v) is 5.14. The highest BCUT2D eigenvalue weighted by Gasteiger charge is 2.20. The van der Waals surface area contributed by atoms with E-state index in [1.165, 1.54) is 17.7 Å². The summed E-state index contributed by atoms with van der Waals surface area (Å²) in [6, 6.07) is 14.5. The minimum Gasteiger partial charge on any atom is -0.304 e. The van der Waals surface area contributed by atoms with Gasteiger partial charge in [-0.1, -0.05) is 24.3 Å². The molecule has 0 saturated carbocycles. The molecule has 1 aliphatic carbocycles. The second kappa shape index (κ2) is 5.85. The average molecular weight is 263 g/mol. The zero-order valence-corrected chi connectivity index (χ0v) is 11.3. The summed E-state index contributed by atoms with van der Waals surface area (Å²) < 4.78 is 0. The highest BCUT2D eigenvalue weighted by Crippen LogP contribution is 2.28. The van der Waals surface area contributed by atoms with Gasteiger partial charge in [-0.15, -0.1) is 0 Å². The highest BCUT2D eigenvalue weighted by atomic mass is 14.9. The fraction of sp³-hybridized carbons (Fsp3) is 0.294. The Kier molecular flexibility index (Phi) is 3.76. The standard InChI is InChI=1S/C17H17N3/c18-11-14-5-1-2-6-15(14)12-20-16-9-3-7-13-8-4-10-19-17(13)16/h1-2,4-6,8,10,16,20H,3,7,9,12H2. The van der Waals surface area contributed by atoms with Crippen molar-refractivity contribution in [2.45, 2.75) is 31.8 Å². The highest BCUT2D eigenvalue weighted by molar-refractivity contribution is 5.37. The summed E-state index contributed by atoms with van der Waals surface area (Å²) in [7, 11) is 0. The van der Waals surface area contributed by atoms with Gasteiger partial charge < -0.3 is 5.32 Å². The first-order valence-electron chi connectivity index (χ1n) is 7.03. The van der Waals surface area contributed by atoms with Crippen molar-refractivity contribution in [2.75, 3.05) is 0 Å². The number of aromatic nitrogens is 1. The molecule has 0 bridgehead atoms. The third-order valence-corrected chi connectivity index (χ3v) is 3.87. The lowest BCUT2D eigenvalue weighted by Crippen LogP contribution is -2.26. The van der Waals surface area contributed by atoms with Crippen molar-refractivity contribution in [2.24, 2.45) is 0 Å². The van der Waals surface area contributed by atoms with E-state index in [-0.39, 0.29) is 0 Å². The summed E-state index contributed by atoms with van der Waals surface area (Å²) in [5, 5.41) is 12.7. The van der Waals surface area contributed by atoms with E-state index in [0.717, 1.165) is 24.0 Å². The van der Waals surface area contributed by atoms with Gasteiger partial charge in [-0.05, 0) is 42.5 Å². The van der Waals surface area contributed by atoms with E-state index in [1.54, 1.807) is 0 Å². The molecule has 20 heavy (non-hydrogen) atoms. The van der Waals surface area contributed by atoms with Gasteiger partial charge in [0.2, 0.25) is 0 Å². The van der Waals surface area contributed by atoms with Gasteiger partial charge in [-0.25, -0.2) is 0 Å². The third-order valence-electron chi connectivity index (χ3n) is 3.87. The molecular weight excluding hydrogens is 246 g/mol.